The van der Waals surface area contributed by atoms with Crippen molar-refractivity contribution >= 4 is 6.09 Å². The number of nitrogens with zero attached hydrogens (tertiary/aromatic N) is 2. The molecule has 0 N–H and O–H groups in total. The minimum absolute atomic E-state index is 0.235. The zero-order valence-corrected chi connectivity index (χ0v) is 12.1. The van der Waals surface area contributed by atoms with Crippen LogP contribution in [0.4, 0.5) is 4.79 Å². The highest BCUT2D eigenvalue weighted by Crippen LogP contribution is 2.17. The van der Waals surface area contributed by atoms with E-state index in [9.17, 15) is 4.79 Å². The third-order valence-electron chi connectivity index (χ3n) is 3.08. The standard InChI is InChI=1S/C14H24N2O2/c1-7-14(5,6)16-10-8-15(9-11-16)12(17)18-13(2,3)4/h1H,8-11H2,2-6H3. The molecule has 18 heavy (non-hydrogen) atoms. The third kappa shape index (κ3) is 3.92. The van der Waals surface area contributed by atoms with Crippen molar-refractivity contribution in [2.75, 3.05) is 26.2 Å². The molecule has 1 fully saturated rings. The van der Waals surface area contributed by atoms with Gasteiger partial charge in [0.25, 0.3) is 0 Å². The van der Waals surface area contributed by atoms with E-state index in [0.717, 1.165) is 13.1 Å². The molecule has 0 bridgehead atoms. The summed E-state index contributed by atoms with van der Waals surface area (Å²) in [6, 6.07) is 0. The zero-order valence-electron chi connectivity index (χ0n) is 12.1. The maximum atomic E-state index is 11.9. The predicted molar refractivity (Wildman–Crippen MR) is 72.3 cm³/mol. The summed E-state index contributed by atoms with van der Waals surface area (Å²) in [5.74, 6) is 2.78. The number of amides is 1. The van der Waals surface area contributed by atoms with E-state index >= 15 is 0 Å². The number of piperazine rings is 1. The molecule has 1 heterocycles. The van der Waals surface area contributed by atoms with Gasteiger partial charge in [-0.1, -0.05) is 5.92 Å². The quantitative estimate of drug-likeness (QED) is 0.669. The normalized spacial score (nSPS) is 18.3. The maximum Gasteiger partial charge on any atom is 0.410 e. The molecule has 0 spiro atoms. The van der Waals surface area contributed by atoms with Crippen LogP contribution in [-0.2, 0) is 4.74 Å². The molecule has 0 saturated carbocycles. The Morgan fingerprint density at radius 2 is 1.61 bits per heavy atom. The lowest BCUT2D eigenvalue weighted by Crippen LogP contribution is -2.55. The van der Waals surface area contributed by atoms with Crippen LogP contribution in [0, 0.1) is 12.3 Å². The van der Waals surface area contributed by atoms with E-state index in [1.165, 1.54) is 0 Å². The molecule has 4 nitrogen and oxygen atoms in total. The van der Waals surface area contributed by atoms with Crippen LogP contribution >= 0.6 is 0 Å². The number of ether oxygens (including phenoxy) is 1. The number of rotatable bonds is 1. The van der Waals surface area contributed by atoms with Crippen molar-refractivity contribution in [1.29, 1.82) is 0 Å². The van der Waals surface area contributed by atoms with E-state index in [-0.39, 0.29) is 11.6 Å². The van der Waals surface area contributed by atoms with Gasteiger partial charge in [0.1, 0.15) is 5.60 Å². The molecule has 1 rings (SSSR count). The van der Waals surface area contributed by atoms with E-state index in [2.05, 4.69) is 10.8 Å². The second kappa shape index (κ2) is 5.19. The third-order valence-corrected chi connectivity index (χ3v) is 3.08. The molecule has 0 aromatic carbocycles. The lowest BCUT2D eigenvalue weighted by Gasteiger charge is -2.41. The molecular weight excluding hydrogens is 228 g/mol. The van der Waals surface area contributed by atoms with Gasteiger partial charge in [-0.3, -0.25) is 4.90 Å². The minimum atomic E-state index is -0.438. The minimum Gasteiger partial charge on any atom is -0.444 e. The van der Waals surface area contributed by atoms with Crippen molar-refractivity contribution in [1.82, 2.24) is 9.80 Å². The Morgan fingerprint density at radius 1 is 1.11 bits per heavy atom. The Kier molecular flexibility index (Phi) is 4.28. The van der Waals surface area contributed by atoms with Crippen molar-refractivity contribution in [2.24, 2.45) is 0 Å². The van der Waals surface area contributed by atoms with E-state index in [0.29, 0.717) is 13.1 Å². The predicted octanol–water partition coefficient (Wildman–Crippen LogP) is 1.95. The molecule has 4 heteroatoms. The summed E-state index contributed by atoms with van der Waals surface area (Å²) < 4.78 is 5.35. The molecule has 1 saturated heterocycles. The summed E-state index contributed by atoms with van der Waals surface area (Å²) in [6.07, 6.45) is 5.28. The summed E-state index contributed by atoms with van der Waals surface area (Å²) >= 11 is 0. The van der Waals surface area contributed by atoms with Crippen molar-refractivity contribution in [3.8, 4) is 12.3 Å². The fourth-order valence-corrected chi connectivity index (χ4v) is 1.87. The van der Waals surface area contributed by atoms with Gasteiger partial charge in [0.2, 0.25) is 0 Å². The largest absolute Gasteiger partial charge is 0.444 e. The topological polar surface area (TPSA) is 32.8 Å². The molecular formula is C14H24N2O2. The average Bonchev–Trinajstić information content (AvgIpc) is 2.27. The van der Waals surface area contributed by atoms with Gasteiger partial charge in [-0.15, -0.1) is 6.42 Å². The molecule has 102 valence electrons. The highest BCUT2D eigenvalue weighted by molar-refractivity contribution is 5.68. The zero-order chi connectivity index (χ0) is 14.0. The van der Waals surface area contributed by atoms with Crippen LogP contribution in [0.25, 0.3) is 0 Å². The lowest BCUT2D eigenvalue weighted by molar-refractivity contribution is 0.00784. The lowest BCUT2D eigenvalue weighted by atomic mass is 10.0. The number of terminal acetylenes is 1. The summed E-state index contributed by atoms with van der Waals surface area (Å²) in [7, 11) is 0. The monoisotopic (exact) mass is 252 g/mol. The fourth-order valence-electron chi connectivity index (χ4n) is 1.87. The summed E-state index contributed by atoms with van der Waals surface area (Å²) in [5.41, 5.74) is -0.688. The van der Waals surface area contributed by atoms with E-state index in [1.807, 2.05) is 34.6 Å². The molecule has 0 atom stereocenters. The van der Waals surface area contributed by atoms with E-state index < -0.39 is 5.60 Å². The molecule has 1 aliphatic heterocycles. The van der Waals surface area contributed by atoms with Crippen molar-refractivity contribution in [3.63, 3.8) is 0 Å². The van der Waals surface area contributed by atoms with Gasteiger partial charge >= 0.3 is 6.09 Å². The molecule has 0 aliphatic carbocycles. The first-order valence-corrected chi connectivity index (χ1v) is 6.36. The van der Waals surface area contributed by atoms with Gasteiger partial charge in [0.15, 0.2) is 0 Å². The van der Waals surface area contributed by atoms with Crippen LogP contribution in [0.15, 0.2) is 0 Å². The second-order valence-electron chi connectivity index (χ2n) is 6.16. The van der Waals surface area contributed by atoms with Crippen LogP contribution in [0.5, 0.6) is 0 Å². The fraction of sp³-hybridized carbons (Fsp3) is 0.786. The summed E-state index contributed by atoms with van der Waals surface area (Å²) in [6.45, 7) is 12.6. The van der Waals surface area contributed by atoms with Crippen LogP contribution in [0.3, 0.4) is 0 Å². The first-order chi connectivity index (χ1) is 8.15. The summed E-state index contributed by atoms with van der Waals surface area (Å²) in [5, 5.41) is 0. The van der Waals surface area contributed by atoms with Crippen LogP contribution < -0.4 is 0 Å². The maximum absolute atomic E-state index is 11.9. The van der Waals surface area contributed by atoms with Gasteiger partial charge in [-0.05, 0) is 34.6 Å². The van der Waals surface area contributed by atoms with Crippen LogP contribution in [0.2, 0.25) is 0 Å². The van der Waals surface area contributed by atoms with E-state index in [4.69, 9.17) is 11.2 Å². The summed E-state index contributed by atoms with van der Waals surface area (Å²) in [4.78, 5) is 15.8. The van der Waals surface area contributed by atoms with Crippen LogP contribution in [0.1, 0.15) is 34.6 Å². The van der Waals surface area contributed by atoms with Crippen molar-refractivity contribution in [2.45, 2.75) is 45.8 Å². The van der Waals surface area contributed by atoms with Gasteiger partial charge in [0, 0.05) is 26.2 Å². The Balaban J connectivity index is 2.50. The van der Waals surface area contributed by atoms with E-state index in [1.54, 1.807) is 4.90 Å². The molecule has 1 aliphatic rings. The number of hydrogen-bond acceptors (Lipinski definition) is 3. The highest BCUT2D eigenvalue weighted by Gasteiger charge is 2.31. The second-order valence-corrected chi connectivity index (χ2v) is 6.16. The van der Waals surface area contributed by atoms with Crippen molar-refractivity contribution in [3.05, 3.63) is 0 Å². The smallest absolute Gasteiger partial charge is 0.410 e. The average molecular weight is 252 g/mol. The Labute approximate surface area is 110 Å². The molecule has 1 amide bonds. The molecule has 0 aromatic heterocycles. The SMILES string of the molecule is C#CC(C)(C)N1CCN(C(=O)OC(C)(C)C)CC1. The number of hydrogen-bond donors (Lipinski definition) is 0. The Hall–Kier alpha value is -1.21. The van der Waals surface area contributed by atoms with Gasteiger partial charge in [-0.25, -0.2) is 4.79 Å². The molecule has 0 aromatic rings. The van der Waals surface area contributed by atoms with Crippen molar-refractivity contribution < 1.29 is 9.53 Å². The molecule has 0 radical (unpaired) electrons. The Morgan fingerprint density at radius 3 is 2.00 bits per heavy atom. The number of carbonyl (C=O) groups excluding carboxylic acids is 1. The number of carbonyl (C=O) groups is 1. The first kappa shape index (κ1) is 14.8. The van der Waals surface area contributed by atoms with Gasteiger partial charge in [0.05, 0.1) is 5.54 Å². The first-order valence-electron chi connectivity index (χ1n) is 6.36. The molecule has 0 unspecified atom stereocenters. The van der Waals surface area contributed by atoms with Crippen LogP contribution in [-0.4, -0.2) is 53.2 Å². The Bertz CT molecular complexity index is 342. The van der Waals surface area contributed by atoms with Gasteiger partial charge < -0.3 is 9.64 Å². The van der Waals surface area contributed by atoms with Gasteiger partial charge in [-0.2, -0.15) is 0 Å². The highest BCUT2D eigenvalue weighted by atomic mass is 16.6.